The lowest BCUT2D eigenvalue weighted by atomic mass is 10.0. The third-order valence-electron chi connectivity index (χ3n) is 5.32. The lowest BCUT2D eigenvalue weighted by molar-refractivity contribution is 0.0645. The molecule has 2 amide bonds. The van der Waals surface area contributed by atoms with Crippen LogP contribution in [0.15, 0.2) is 42.5 Å². The number of halogens is 1. The van der Waals surface area contributed by atoms with Gasteiger partial charge in [0.05, 0.1) is 11.1 Å². The first-order valence-corrected chi connectivity index (χ1v) is 10.8. The van der Waals surface area contributed by atoms with Crippen molar-refractivity contribution in [3.05, 3.63) is 64.7 Å². The van der Waals surface area contributed by atoms with Crippen LogP contribution in [0, 0.1) is 0 Å². The number of hydrogen-bond acceptors (Lipinski definition) is 3. The van der Waals surface area contributed by atoms with Crippen molar-refractivity contribution >= 4 is 34.4 Å². The van der Waals surface area contributed by atoms with Crippen LogP contribution < -0.4 is 4.74 Å². The Morgan fingerprint density at radius 3 is 2.37 bits per heavy atom. The molecular formula is C22H22INO3. The van der Waals surface area contributed by atoms with Crippen LogP contribution in [0.3, 0.4) is 0 Å². The fourth-order valence-corrected chi connectivity index (χ4v) is 4.46. The Hall–Kier alpha value is -1.89. The number of carbonyl (C=O) groups is 2. The van der Waals surface area contributed by atoms with Gasteiger partial charge in [0, 0.05) is 13.0 Å². The number of aryl methyl sites for hydroxylation is 1. The first-order valence-electron chi connectivity index (χ1n) is 9.52. The number of ether oxygens (including phenoxy) is 1. The lowest BCUT2D eigenvalue weighted by Crippen LogP contribution is -2.32. The molecule has 2 aliphatic rings. The highest BCUT2D eigenvalue weighted by Crippen LogP contribution is 2.31. The summed E-state index contributed by atoms with van der Waals surface area (Å²) in [5.74, 6) is 0.553. The van der Waals surface area contributed by atoms with Crippen LogP contribution in [0.25, 0.3) is 0 Å². The number of imide groups is 1. The SMILES string of the molecule is O=C1c2ccccc2C(=O)N1CC[C@H](I)Oc1cccc2c1CCCCC2. The maximum atomic E-state index is 12.5. The molecule has 2 aromatic rings. The second-order valence-electron chi connectivity index (χ2n) is 7.08. The quantitative estimate of drug-likeness (QED) is 0.271. The molecule has 27 heavy (non-hydrogen) atoms. The number of hydrogen-bond donors (Lipinski definition) is 0. The van der Waals surface area contributed by atoms with Gasteiger partial charge in [0.1, 0.15) is 5.75 Å². The van der Waals surface area contributed by atoms with Gasteiger partial charge < -0.3 is 4.74 Å². The Balaban J connectivity index is 1.41. The summed E-state index contributed by atoms with van der Waals surface area (Å²) < 4.78 is 6.12. The smallest absolute Gasteiger partial charge is 0.261 e. The summed E-state index contributed by atoms with van der Waals surface area (Å²) in [6.45, 7) is 0.370. The second-order valence-corrected chi connectivity index (χ2v) is 8.47. The van der Waals surface area contributed by atoms with Crippen LogP contribution in [-0.2, 0) is 12.8 Å². The largest absolute Gasteiger partial charge is 0.480 e. The molecular weight excluding hydrogens is 453 g/mol. The van der Waals surface area contributed by atoms with Crippen molar-refractivity contribution in [2.24, 2.45) is 0 Å². The van der Waals surface area contributed by atoms with Crippen molar-refractivity contribution in [2.75, 3.05) is 6.54 Å². The molecule has 0 radical (unpaired) electrons. The molecule has 0 saturated carbocycles. The maximum Gasteiger partial charge on any atom is 0.261 e. The average Bonchev–Trinajstić information content (AvgIpc) is 2.84. The molecule has 0 spiro atoms. The highest BCUT2D eigenvalue weighted by atomic mass is 127. The fourth-order valence-electron chi connectivity index (χ4n) is 3.90. The summed E-state index contributed by atoms with van der Waals surface area (Å²) >= 11 is 2.26. The van der Waals surface area contributed by atoms with E-state index in [1.165, 1.54) is 35.3 Å². The summed E-state index contributed by atoms with van der Waals surface area (Å²) in [5.41, 5.74) is 3.73. The molecule has 0 fully saturated rings. The topological polar surface area (TPSA) is 46.6 Å². The van der Waals surface area contributed by atoms with E-state index in [4.69, 9.17) is 4.74 Å². The van der Waals surface area contributed by atoms with E-state index in [2.05, 4.69) is 34.7 Å². The van der Waals surface area contributed by atoms with E-state index < -0.39 is 0 Å². The summed E-state index contributed by atoms with van der Waals surface area (Å²) in [6, 6.07) is 13.3. The minimum absolute atomic E-state index is 0.0957. The normalized spacial score (nSPS) is 17.3. The van der Waals surface area contributed by atoms with E-state index in [-0.39, 0.29) is 15.9 Å². The Labute approximate surface area is 173 Å². The van der Waals surface area contributed by atoms with Crippen molar-refractivity contribution in [1.82, 2.24) is 4.90 Å². The third kappa shape index (κ3) is 3.74. The minimum atomic E-state index is -0.201. The third-order valence-corrected chi connectivity index (χ3v) is 6.19. The van der Waals surface area contributed by atoms with Crippen LogP contribution in [0.5, 0.6) is 5.75 Å². The first-order chi connectivity index (χ1) is 13.1. The highest BCUT2D eigenvalue weighted by Gasteiger charge is 2.35. The molecule has 1 aliphatic heterocycles. The Kier molecular flexibility index (Phi) is 5.48. The van der Waals surface area contributed by atoms with Gasteiger partial charge in [-0.2, -0.15) is 0 Å². The summed E-state index contributed by atoms with van der Waals surface area (Å²) in [6.07, 6.45) is 6.50. The Bertz CT molecular complexity index is 845. The predicted octanol–water partition coefficient (Wildman–Crippen LogP) is 4.78. The van der Waals surface area contributed by atoms with Crippen LogP contribution in [0.2, 0.25) is 0 Å². The number of benzene rings is 2. The van der Waals surface area contributed by atoms with Crippen LogP contribution in [0.4, 0.5) is 0 Å². The van der Waals surface area contributed by atoms with Crippen LogP contribution in [0.1, 0.15) is 57.5 Å². The maximum absolute atomic E-state index is 12.5. The molecule has 0 saturated heterocycles. The summed E-state index contributed by atoms with van der Waals surface area (Å²) in [4.78, 5) is 26.3. The number of alkyl halides is 1. The number of nitrogens with zero attached hydrogens (tertiary/aromatic N) is 1. The first kappa shape index (κ1) is 18.5. The molecule has 0 aromatic heterocycles. The number of fused-ring (bicyclic) bond motifs is 2. The summed E-state index contributed by atoms with van der Waals surface area (Å²) in [7, 11) is 0. The molecule has 1 heterocycles. The van der Waals surface area contributed by atoms with Crippen LogP contribution >= 0.6 is 22.6 Å². The molecule has 4 nitrogen and oxygen atoms in total. The average molecular weight is 475 g/mol. The molecule has 0 bridgehead atoms. The molecule has 0 N–H and O–H groups in total. The van der Waals surface area contributed by atoms with Crippen molar-refractivity contribution in [2.45, 2.75) is 42.6 Å². The van der Waals surface area contributed by atoms with E-state index in [1.54, 1.807) is 24.3 Å². The Morgan fingerprint density at radius 2 is 1.63 bits per heavy atom. The van der Waals surface area contributed by atoms with Gasteiger partial charge in [-0.05, 0) is 77.6 Å². The molecule has 1 aliphatic carbocycles. The zero-order chi connectivity index (χ0) is 18.8. The van der Waals surface area contributed by atoms with Gasteiger partial charge in [-0.1, -0.05) is 30.7 Å². The Morgan fingerprint density at radius 1 is 0.926 bits per heavy atom. The van der Waals surface area contributed by atoms with E-state index in [9.17, 15) is 9.59 Å². The van der Waals surface area contributed by atoms with Gasteiger partial charge in [-0.25, -0.2) is 0 Å². The zero-order valence-corrected chi connectivity index (χ0v) is 17.3. The van der Waals surface area contributed by atoms with Crippen LogP contribution in [-0.4, -0.2) is 27.4 Å². The zero-order valence-electron chi connectivity index (χ0n) is 15.1. The van der Waals surface area contributed by atoms with E-state index in [1.807, 2.05) is 6.07 Å². The minimum Gasteiger partial charge on any atom is -0.480 e. The fraction of sp³-hybridized carbons (Fsp3) is 0.364. The molecule has 140 valence electrons. The monoisotopic (exact) mass is 475 g/mol. The van der Waals surface area contributed by atoms with Gasteiger partial charge in [-0.3, -0.25) is 14.5 Å². The van der Waals surface area contributed by atoms with Gasteiger partial charge in [0.15, 0.2) is 4.11 Å². The van der Waals surface area contributed by atoms with Gasteiger partial charge in [0.2, 0.25) is 0 Å². The molecule has 5 heteroatoms. The van der Waals surface area contributed by atoms with Gasteiger partial charge in [-0.15, -0.1) is 0 Å². The van der Waals surface area contributed by atoms with E-state index in [0.717, 1.165) is 18.6 Å². The van der Waals surface area contributed by atoms with E-state index in [0.29, 0.717) is 24.1 Å². The van der Waals surface area contributed by atoms with Gasteiger partial charge in [0.25, 0.3) is 11.8 Å². The molecule has 2 aromatic carbocycles. The van der Waals surface area contributed by atoms with E-state index >= 15 is 0 Å². The molecule has 0 unspecified atom stereocenters. The number of amides is 2. The predicted molar refractivity (Wildman–Crippen MR) is 113 cm³/mol. The standard InChI is InChI=1S/C22H22INO3/c23-20(27-19-12-6-8-15-7-2-1-3-9-16(15)19)13-14-24-21(25)17-10-4-5-11-18(17)22(24)26/h4-6,8,10-12,20H,1-3,7,9,13-14H2/t20-/m1/s1. The molecule has 4 rings (SSSR count). The van der Waals surface area contributed by atoms with Gasteiger partial charge >= 0.3 is 0 Å². The lowest BCUT2D eigenvalue weighted by Gasteiger charge is -2.20. The number of carbonyl (C=O) groups excluding carboxylic acids is 2. The van der Waals surface area contributed by atoms with Crippen molar-refractivity contribution < 1.29 is 14.3 Å². The van der Waals surface area contributed by atoms with Crippen molar-refractivity contribution in [1.29, 1.82) is 0 Å². The number of rotatable bonds is 5. The van der Waals surface area contributed by atoms with Crippen molar-refractivity contribution in [3.63, 3.8) is 0 Å². The second kappa shape index (κ2) is 8.00. The summed E-state index contributed by atoms with van der Waals surface area (Å²) in [5, 5.41) is 0. The molecule has 1 atom stereocenters. The van der Waals surface area contributed by atoms with Crippen molar-refractivity contribution in [3.8, 4) is 5.75 Å². The highest BCUT2D eigenvalue weighted by molar-refractivity contribution is 14.1.